The van der Waals surface area contributed by atoms with Gasteiger partial charge < -0.3 is 5.73 Å². The maximum absolute atomic E-state index is 5.81. The molecule has 0 bridgehead atoms. The predicted molar refractivity (Wildman–Crippen MR) is 73.5 cm³/mol. The lowest BCUT2D eigenvalue weighted by molar-refractivity contribution is 0.458. The Morgan fingerprint density at radius 1 is 1.39 bits per heavy atom. The number of hydrogen-bond donors (Lipinski definition) is 1. The Bertz CT molecular complexity index is 537. The average Bonchev–Trinajstić information content (AvgIpc) is 2.69. The molecule has 1 atom stereocenters. The van der Waals surface area contributed by atoms with Crippen LogP contribution in [0.4, 0.5) is 5.82 Å². The fourth-order valence-corrected chi connectivity index (χ4v) is 2.90. The summed E-state index contributed by atoms with van der Waals surface area (Å²) >= 11 is 0. The third-order valence-electron chi connectivity index (χ3n) is 3.88. The van der Waals surface area contributed by atoms with Gasteiger partial charge in [-0.15, -0.1) is 0 Å². The van der Waals surface area contributed by atoms with Gasteiger partial charge in [0.2, 0.25) is 0 Å². The fraction of sp³-hybridized carbons (Fsp3) is 0.400. The van der Waals surface area contributed by atoms with Gasteiger partial charge in [0.1, 0.15) is 5.82 Å². The summed E-state index contributed by atoms with van der Waals surface area (Å²) in [7, 11) is 0. The molecule has 0 amide bonds. The van der Waals surface area contributed by atoms with E-state index in [2.05, 4.69) is 29.4 Å². The predicted octanol–water partition coefficient (Wildman–Crippen LogP) is 2.89. The minimum atomic E-state index is 0.577. The van der Waals surface area contributed by atoms with E-state index in [4.69, 9.17) is 5.73 Å². The zero-order valence-electron chi connectivity index (χ0n) is 10.8. The first-order chi connectivity index (χ1) is 8.74. The van der Waals surface area contributed by atoms with Crippen LogP contribution in [0.3, 0.4) is 0 Å². The van der Waals surface area contributed by atoms with Gasteiger partial charge in [0.05, 0.1) is 0 Å². The maximum atomic E-state index is 5.81. The van der Waals surface area contributed by atoms with E-state index in [1.807, 2.05) is 17.8 Å². The molecule has 1 aliphatic carbocycles. The van der Waals surface area contributed by atoms with Crippen LogP contribution in [-0.4, -0.2) is 9.78 Å². The topological polar surface area (TPSA) is 43.8 Å². The molecule has 1 heterocycles. The Balaban J connectivity index is 1.86. The fourth-order valence-electron chi connectivity index (χ4n) is 2.90. The summed E-state index contributed by atoms with van der Waals surface area (Å²) in [4.78, 5) is 0. The number of nitrogen functional groups attached to an aromatic ring is 1. The Morgan fingerprint density at radius 3 is 3.00 bits per heavy atom. The number of benzene rings is 1. The molecule has 0 saturated heterocycles. The Morgan fingerprint density at radius 2 is 2.22 bits per heavy atom. The third-order valence-corrected chi connectivity index (χ3v) is 3.88. The molecule has 2 N–H and O–H groups in total. The van der Waals surface area contributed by atoms with Crippen LogP contribution in [0.25, 0.3) is 0 Å². The summed E-state index contributed by atoms with van der Waals surface area (Å²) in [6.07, 6.45) is 5.78. The number of aryl methyl sites for hydroxylation is 2. The van der Waals surface area contributed by atoms with Crippen molar-refractivity contribution in [1.29, 1.82) is 0 Å². The van der Waals surface area contributed by atoms with E-state index >= 15 is 0 Å². The number of nitrogens with two attached hydrogens (primary N) is 1. The molecule has 1 aromatic carbocycles. The standard InChI is InChI=1S/C15H19N3/c1-11-9-18(17-15(11)16)10-13-7-4-6-12-5-2-3-8-14(12)13/h2-3,5,8-9,13H,4,6-7,10H2,1H3,(H2,16,17). The van der Waals surface area contributed by atoms with Gasteiger partial charge in [-0.2, -0.15) is 5.10 Å². The van der Waals surface area contributed by atoms with Crippen LogP contribution in [0.15, 0.2) is 30.5 Å². The molecular formula is C15H19N3. The number of rotatable bonds is 2. The zero-order chi connectivity index (χ0) is 12.5. The van der Waals surface area contributed by atoms with E-state index in [0.717, 1.165) is 12.1 Å². The van der Waals surface area contributed by atoms with Crippen molar-refractivity contribution in [2.24, 2.45) is 0 Å². The second-order valence-corrected chi connectivity index (χ2v) is 5.21. The van der Waals surface area contributed by atoms with Crippen molar-refractivity contribution >= 4 is 5.82 Å². The lowest BCUT2D eigenvalue weighted by Crippen LogP contribution is -2.16. The molecule has 18 heavy (non-hydrogen) atoms. The van der Waals surface area contributed by atoms with E-state index < -0.39 is 0 Å². The van der Waals surface area contributed by atoms with Crippen LogP contribution in [0.2, 0.25) is 0 Å². The van der Waals surface area contributed by atoms with Crippen molar-refractivity contribution < 1.29 is 0 Å². The summed E-state index contributed by atoms with van der Waals surface area (Å²) in [6, 6.07) is 8.79. The Hall–Kier alpha value is -1.77. The van der Waals surface area contributed by atoms with Crippen LogP contribution in [0.1, 0.15) is 35.4 Å². The number of fused-ring (bicyclic) bond motifs is 1. The number of hydrogen-bond acceptors (Lipinski definition) is 2. The average molecular weight is 241 g/mol. The van der Waals surface area contributed by atoms with Crippen molar-refractivity contribution in [1.82, 2.24) is 9.78 Å². The van der Waals surface area contributed by atoms with Crippen molar-refractivity contribution in [2.75, 3.05) is 5.73 Å². The van der Waals surface area contributed by atoms with Crippen LogP contribution >= 0.6 is 0 Å². The van der Waals surface area contributed by atoms with Crippen LogP contribution in [0, 0.1) is 6.92 Å². The molecule has 3 rings (SSSR count). The van der Waals surface area contributed by atoms with E-state index in [1.165, 1.54) is 30.4 Å². The summed E-state index contributed by atoms with van der Waals surface area (Å²) in [5.74, 6) is 1.23. The van der Waals surface area contributed by atoms with Crippen molar-refractivity contribution in [2.45, 2.75) is 38.6 Å². The number of aromatic nitrogens is 2. The van der Waals surface area contributed by atoms with Crippen LogP contribution in [-0.2, 0) is 13.0 Å². The highest BCUT2D eigenvalue weighted by atomic mass is 15.3. The highest BCUT2D eigenvalue weighted by Gasteiger charge is 2.20. The Kier molecular flexibility index (Phi) is 2.82. The van der Waals surface area contributed by atoms with Crippen LogP contribution < -0.4 is 5.73 Å². The van der Waals surface area contributed by atoms with Crippen molar-refractivity contribution in [3.63, 3.8) is 0 Å². The molecule has 3 nitrogen and oxygen atoms in total. The van der Waals surface area contributed by atoms with Gasteiger partial charge in [-0.25, -0.2) is 0 Å². The quantitative estimate of drug-likeness (QED) is 0.878. The third kappa shape index (κ3) is 2.01. The highest BCUT2D eigenvalue weighted by molar-refractivity contribution is 5.36. The highest BCUT2D eigenvalue weighted by Crippen LogP contribution is 2.32. The summed E-state index contributed by atoms with van der Waals surface area (Å²) < 4.78 is 2.00. The molecule has 0 radical (unpaired) electrons. The van der Waals surface area contributed by atoms with Gasteiger partial charge in [-0.3, -0.25) is 4.68 Å². The molecule has 0 fully saturated rings. The van der Waals surface area contributed by atoms with Gasteiger partial charge >= 0.3 is 0 Å². The monoisotopic (exact) mass is 241 g/mol. The van der Waals surface area contributed by atoms with Gasteiger partial charge in [0.25, 0.3) is 0 Å². The molecule has 2 aromatic rings. The lowest BCUT2D eigenvalue weighted by atomic mass is 9.83. The summed E-state index contributed by atoms with van der Waals surface area (Å²) in [5.41, 5.74) is 9.88. The Labute approximate surface area is 108 Å². The largest absolute Gasteiger partial charge is 0.382 e. The first-order valence-electron chi connectivity index (χ1n) is 6.61. The second kappa shape index (κ2) is 4.48. The normalized spacial score (nSPS) is 18.6. The molecular weight excluding hydrogens is 222 g/mol. The molecule has 0 aliphatic heterocycles. The van der Waals surface area contributed by atoms with Crippen LogP contribution in [0.5, 0.6) is 0 Å². The second-order valence-electron chi connectivity index (χ2n) is 5.21. The molecule has 1 aliphatic rings. The lowest BCUT2D eigenvalue weighted by Gasteiger charge is -2.25. The van der Waals surface area contributed by atoms with E-state index in [-0.39, 0.29) is 0 Å². The molecule has 1 unspecified atom stereocenters. The maximum Gasteiger partial charge on any atom is 0.148 e. The smallest absolute Gasteiger partial charge is 0.148 e. The zero-order valence-corrected chi connectivity index (χ0v) is 10.8. The van der Waals surface area contributed by atoms with Gasteiger partial charge in [-0.1, -0.05) is 24.3 Å². The molecule has 94 valence electrons. The molecule has 3 heteroatoms. The van der Waals surface area contributed by atoms with Crippen molar-refractivity contribution in [3.05, 3.63) is 47.2 Å². The van der Waals surface area contributed by atoms with Gasteiger partial charge in [0.15, 0.2) is 0 Å². The molecule has 1 aromatic heterocycles. The SMILES string of the molecule is Cc1cn(CC2CCCc3ccccc32)nc1N. The minimum Gasteiger partial charge on any atom is -0.382 e. The number of nitrogens with zero attached hydrogens (tertiary/aromatic N) is 2. The van der Waals surface area contributed by atoms with Gasteiger partial charge in [0, 0.05) is 24.2 Å². The summed E-state index contributed by atoms with van der Waals surface area (Å²) in [6.45, 7) is 2.95. The molecule has 0 saturated carbocycles. The first kappa shape index (κ1) is 11.3. The summed E-state index contributed by atoms with van der Waals surface area (Å²) in [5, 5.41) is 4.37. The van der Waals surface area contributed by atoms with Gasteiger partial charge in [-0.05, 0) is 37.3 Å². The number of anilines is 1. The molecule has 0 spiro atoms. The first-order valence-corrected chi connectivity index (χ1v) is 6.61. The van der Waals surface area contributed by atoms with Crippen molar-refractivity contribution in [3.8, 4) is 0 Å². The van der Waals surface area contributed by atoms with E-state index in [0.29, 0.717) is 11.7 Å². The van der Waals surface area contributed by atoms with E-state index in [1.54, 1.807) is 0 Å². The van der Waals surface area contributed by atoms with E-state index in [9.17, 15) is 0 Å². The minimum absolute atomic E-state index is 0.577.